The maximum Gasteiger partial charge on any atom is 3.00 e. The summed E-state index contributed by atoms with van der Waals surface area (Å²) in [6.07, 6.45) is 19.3. The molecule has 0 N–H and O–H groups in total. The van der Waals surface area contributed by atoms with Crippen LogP contribution in [0.2, 0.25) is 23.2 Å². The van der Waals surface area contributed by atoms with Gasteiger partial charge in [0.05, 0.1) is 0 Å². The summed E-state index contributed by atoms with van der Waals surface area (Å²) in [5.74, 6) is 1.99. The van der Waals surface area contributed by atoms with Crippen molar-refractivity contribution in [3.05, 3.63) is 24.3 Å². The van der Waals surface area contributed by atoms with Gasteiger partial charge in [0.15, 0.2) is 0 Å². The molecule has 26 heavy (non-hydrogen) atoms. The molecule has 0 nitrogen and oxygen atoms in total. The summed E-state index contributed by atoms with van der Waals surface area (Å²) < 4.78 is 0. The van der Waals surface area contributed by atoms with Gasteiger partial charge in [0.25, 0.3) is 0 Å². The molecule has 0 bridgehead atoms. The molecule has 2 atom stereocenters. The van der Waals surface area contributed by atoms with E-state index in [2.05, 4.69) is 39.8 Å². The van der Waals surface area contributed by atoms with E-state index in [1.807, 2.05) is 12.2 Å². The van der Waals surface area contributed by atoms with E-state index in [-0.39, 0.29) is 51.0 Å². The summed E-state index contributed by atoms with van der Waals surface area (Å²) in [4.78, 5) is 0. The molecule has 2 heterocycles. The van der Waals surface area contributed by atoms with Gasteiger partial charge >= 0.3 is 26.2 Å². The van der Waals surface area contributed by atoms with Crippen LogP contribution in [0.15, 0.2) is 18.2 Å². The van der Waals surface area contributed by atoms with Gasteiger partial charge in [-0.1, -0.05) is 78.3 Å². The number of rotatable bonds is 2. The third kappa shape index (κ3) is 16.3. The molecule has 2 aliphatic heterocycles. The minimum atomic E-state index is 0. The van der Waals surface area contributed by atoms with Gasteiger partial charge in [0.2, 0.25) is 0 Å². The van der Waals surface area contributed by atoms with Gasteiger partial charge in [-0.3, -0.25) is 6.08 Å². The molecule has 0 aromatic carbocycles. The molecule has 2 fully saturated rings. The fraction of sp³-hybridized carbons (Fsp3) is 0.810. The summed E-state index contributed by atoms with van der Waals surface area (Å²) in [5.41, 5.74) is 2.39. The zero-order chi connectivity index (χ0) is 16.9. The molecule has 2 saturated heterocycles. The molecular formula is C21H41Cl2Si2Zr. The van der Waals surface area contributed by atoms with E-state index in [4.69, 9.17) is 0 Å². The Labute approximate surface area is 200 Å². The number of hydrogen-bond donors (Lipinski definition) is 0. The Morgan fingerprint density at radius 1 is 0.808 bits per heavy atom. The van der Waals surface area contributed by atoms with E-state index in [0.29, 0.717) is 19.0 Å². The van der Waals surface area contributed by atoms with Crippen molar-refractivity contribution in [2.75, 3.05) is 0 Å². The van der Waals surface area contributed by atoms with E-state index in [1.165, 1.54) is 23.9 Å². The molecule has 1 radical (unpaired) electrons. The molecule has 0 spiro atoms. The number of hydrogen-bond acceptors (Lipinski definition) is 0. The molecule has 5 heteroatoms. The summed E-state index contributed by atoms with van der Waals surface area (Å²) in [7, 11) is 0.750. The summed E-state index contributed by atoms with van der Waals surface area (Å²) >= 11 is 0. The third-order valence-corrected chi connectivity index (χ3v) is 11.8. The van der Waals surface area contributed by atoms with Crippen LogP contribution in [0.4, 0.5) is 0 Å². The first kappa shape index (κ1) is 32.1. The first-order valence-electron chi connectivity index (χ1n) is 10.3. The minimum Gasteiger partial charge on any atom is -1.00 e. The monoisotopic (exact) mass is 509 g/mol. The SMILES string of the molecule is CC(C)C1CCCC[SiH2]1.CC(C)C1CCCC[SiH2]1.[C-]1=CC=CC1.[Cl-].[Cl-].[Zr+3]. The smallest absolute Gasteiger partial charge is 1.00 e. The number of halogens is 2. The van der Waals surface area contributed by atoms with Crippen molar-refractivity contribution in [1.82, 2.24) is 0 Å². The van der Waals surface area contributed by atoms with Gasteiger partial charge in [0.1, 0.15) is 0 Å². The average molecular weight is 512 g/mol. The molecular weight excluding hydrogens is 471 g/mol. The first-order chi connectivity index (χ1) is 11.1. The van der Waals surface area contributed by atoms with Crippen LogP contribution in [-0.4, -0.2) is 19.0 Å². The van der Waals surface area contributed by atoms with E-state index in [1.54, 1.807) is 37.8 Å². The topological polar surface area (TPSA) is 0 Å². The molecule has 2 unspecified atom stereocenters. The molecule has 0 aromatic heterocycles. The van der Waals surface area contributed by atoms with E-state index >= 15 is 0 Å². The standard InChI is InChI=1S/2C8H18Si.C5H5.2ClH.Zr/c2*1-7(2)8-5-3-4-6-9-8;1-2-4-5-3-1;;;/h2*7-8H,3-6,9H2,1-2H3;1-3H,4H2;2*1H;/q;;-1;;;+3/p-2. The Balaban J connectivity index is -0.000000298. The Hall–Kier alpha value is 1.38. The van der Waals surface area contributed by atoms with Gasteiger partial charge in [-0.15, -0.1) is 6.42 Å². The maximum atomic E-state index is 2.99. The van der Waals surface area contributed by atoms with Gasteiger partial charge < -0.3 is 24.8 Å². The molecule has 0 amide bonds. The molecule has 151 valence electrons. The van der Waals surface area contributed by atoms with Crippen LogP contribution >= 0.6 is 0 Å². The Morgan fingerprint density at radius 3 is 1.42 bits per heavy atom. The van der Waals surface area contributed by atoms with Crippen LogP contribution < -0.4 is 24.8 Å². The van der Waals surface area contributed by atoms with Crippen molar-refractivity contribution < 1.29 is 51.0 Å². The Bertz CT molecular complexity index is 303. The number of allylic oxidation sites excluding steroid dienone is 4. The van der Waals surface area contributed by atoms with Crippen molar-refractivity contribution in [2.45, 2.75) is 95.8 Å². The summed E-state index contributed by atoms with van der Waals surface area (Å²) in [6, 6.07) is 3.26. The Kier molecular flexibility index (Phi) is 26.0. The van der Waals surface area contributed by atoms with Crippen LogP contribution in [0.3, 0.4) is 0 Å². The minimum absolute atomic E-state index is 0. The van der Waals surface area contributed by atoms with Crippen LogP contribution in [0.25, 0.3) is 0 Å². The van der Waals surface area contributed by atoms with Gasteiger partial charge in [0, 0.05) is 19.0 Å². The molecule has 1 aliphatic carbocycles. The van der Waals surface area contributed by atoms with Crippen molar-refractivity contribution >= 4 is 19.0 Å². The van der Waals surface area contributed by atoms with Crippen molar-refractivity contribution in [3.8, 4) is 0 Å². The second-order valence-corrected chi connectivity index (χ2v) is 13.0. The quantitative estimate of drug-likeness (QED) is 0.353. The third-order valence-electron chi connectivity index (χ3n) is 5.77. The van der Waals surface area contributed by atoms with Crippen LogP contribution in [0, 0.1) is 17.9 Å². The predicted octanol–water partition coefficient (Wildman–Crippen LogP) is -0.285. The predicted molar refractivity (Wildman–Crippen MR) is 113 cm³/mol. The maximum absolute atomic E-state index is 2.99. The average Bonchev–Trinajstić information content (AvgIpc) is 3.17. The Morgan fingerprint density at radius 2 is 1.27 bits per heavy atom. The molecule has 0 saturated carbocycles. The van der Waals surface area contributed by atoms with Crippen LogP contribution in [0.1, 0.15) is 72.6 Å². The first-order valence-corrected chi connectivity index (χ1v) is 14.0. The second-order valence-electron chi connectivity index (χ2n) is 8.29. The molecule has 3 rings (SSSR count). The van der Waals surface area contributed by atoms with E-state index < -0.39 is 0 Å². The normalized spacial score (nSPS) is 25.3. The van der Waals surface area contributed by atoms with Crippen molar-refractivity contribution in [2.24, 2.45) is 11.8 Å². The van der Waals surface area contributed by atoms with Crippen LogP contribution in [-0.2, 0) is 26.2 Å². The van der Waals surface area contributed by atoms with E-state index in [9.17, 15) is 0 Å². The van der Waals surface area contributed by atoms with Crippen molar-refractivity contribution in [1.29, 1.82) is 0 Å². The van der Waals surface area contributed by atoms with Gasteiger partial charge in [-0.05, 0) is 22.9 Å². The largest absolute Gasteiger partial charge is 3.00 e. The second kappa shape index (κ2) is 21.1. The summed E-state index contributed by atoms with van der Waals surface area (Å²) in [5, 5.41) is 0. The van der Waals surface area contributed by atoms with Gasteiger partial charge in [-0.25, -0.2) is 12.2 Å². The fourth-order valence-electron chi connectivity index (χ4n) is 3.94. The zero-order valence-electron chi connectivity index (χ0n) is 17.6. The molecule has 0 aromatic rings. The van der Waals surface area contributed by atoms with Crippen molar-refractivity contribution in [3.63, 3.8) is 0 Å². The fourth-order valence-corrected chi connectivity index (χ4v) is 8.76. The van der Waals surface area contributed by atoms with E-state index in [0.717, 1.165) is 18.3 Å². The zero-order valence-corrected chi connectivity index (χ0v) is 24.4. The molecule has 3 aliphatic rings. The summed E-state index contributed by atoms with van der Waals surface area (Å²) in [6.45, 7) is 9.57. The van der Waals surface area contributed by atoms with Gasteiger partial charge in [-0.2, -0.15) is 6.08 Å². The van der Waals surface area contributed by atoms with Crippen LogP contribution in [0.5, 0.6) is 0 Å².